The lowest BCUT2D eigenvalue weighted by Crippen LogP contribution is -2.49. The van der Waals surface area contributed by atoms with Crippen LogP contribution in [0.4, 0.5) is 4.79 Å². The zero-order valence-corrected chi connectivity index (χ0v) is 11.9. The summed E-state index contributed by atoms with van der Waals surface area (Å²) in [4.78, 5) is 14.1. The number of carbonyl (C=O) groups excluding carboxylic acids is 1. The number of amides is 2. The summed E-state index contributed by atoms with van der Waals surface area (Å²) in [5, 5.41) is 6.01. The molecule has 0 bridgehead atoms. The van der Waals surface area contributed by atoms with E-state index >= 15 is 0 Å². The van der Waals surface area contributed by atoms with Crippen molar-refractivity contribution in [1.82, 2.24) is 15.5 Å². The predicted molar refractivity (Wildman–Crippen MR) is 73.5 cm³/mol. The summed E-state index contributed by atoms with van der Waals surface area (Å²) >= 11 is 0. The second kappa shape index (κ2) is 5.91. The smallest absolute Gasteiger partial charge is 0.315 e. The monoisotopic (exact) mass is 253 g/mol. The van der Waals surface area contributed by atoms with E-state index in [1.54, 1.807) is 0 Å². The summed E-state index contributed by atoms with van der Waals surface area (Å²) in [5.74, 6) is 1.56. The quantitative estimate of drug-likeness (QED) is 0.802. The van der Waals surface area contributed by atoms with Crippen molar-refractivity contribution in [3.8, 4) is 0 Å². The fraction of sp³-hybridized carbons (Fsp3) is 0.929. The van der Waals surface area contributed by atoms with E-state index in [1.807, 2.05) is 0 Å². The molecular formula is C14H27N3O. The molecule has 4 heteroatoms. The molecule has 2 aliphatic rings. The number of likely N-dealkylation sites (tertiary alicyclic amines) is 1. The molecule has 0 aromatic carbocycles. The number of nitrogens with zero attached hydrogens (tertiary/aromatic N) is 1. The van der Waals surface area contributed by atoms with Crippen molar-refractivity contribution in [2.75, 3.05) is 19.6 Å². The molecule has 0 unspecified atom stereocenters. The van der Waals surface area contributed by atoms with Gasteiger partial charge in [0.1, 0.15) is 0 Å². The first kappa shape index (κ1) is 13.7. The first-order chi connectivity index (χ1) is 8.52. The van der Waals surface area contributed by atoms with Crippen LogP contribution in [-0.4, -0.2) is 42.6 Å². The normalized spacial score (nSPS) is 30.8. The number of hydrogen-bond donors (Lipinski definition) is 2. The standard InChI is InChI=1S/C14H27N3O/c1-10-6-11(2)8-17(7-10)9-12(3)15-14(18)16-13-4-5-13/h10-13H,4-9H2,1-3H3,(H2,15,16,18)/t10-,11+,12-/m1/s1. The van der Waals surface area contributed by atoms with E-state index in [4.69, 9.17) is 0 Å². The third-order valence-corrected chi connectivity index (χ3v) is 3.77. The second-order valence-corrected chi connectivity index (χ2v) is 6.46. The van der Waals surface area contributed by atoms with Crippen molar-refractivity contribution >= 4 is 6.03 Å². The zero-order chi connectivity index (χ0) is 13.1. The molecule has 1 heterocycles. The molecule has 0 spiro atoms. The summed E-state index contributed by atoms with van der Waals surface area (Å²) in [6, 6.07) is 0.664. The van der Waals surface area contributed by atoms with Crippen LogP contribution >= 0.6 is 0 Å². The highest BCUT2D eigenvalue weighted by molar-refractivity contribution is 5.74. The molecule has 3 atom stereocenters. The van der Waals surface area contributed by atoms with Gasteiger partial charge in [0.2, 0.25) is 0 Å². The van der Waals surface area contributed by atoms with Crippen molar-refractivity contribution in [2.45, 2.75) is 52.1 Å². The van der Waals surface area contributed by atoms with E-state index in [0.717, 1.165) is 31.2 Å². The molecular weight excluding hydrogens is 226 g/mol. The van der Waals surface area contributed by atoms with Gasteiger partial charge in [0.25, 0.3) is 0 Å². The van der Waals surface area contributed by atoms with E-state index in [-0.39, 0.29) is 12.1 Å². The molecule has 2 rings (SSSR count). The Labute approximate surface area is 110 Å². The first-order valence-electron chi connectivity index (χ1n) is 7.32. The van der Waals surface area contributed by atoms with Gasteiger partial charge in [0.05, 0.1) is 0 Å². The van der Waals surface area contributed by atoms with Crippen molar-refractivity contribution in [1.29, 1.82) is 0 Å². The van der Waals surface area contributed by atoms with Crippen LogP contribution in [0.5, 0.6) is 0 Å². The van der Waals surface area contributed by atoms with Gasteiger partial charge in [-0.3, -0.25) is 0 Å². The van der Waals surface area contributed by atoms with Gasteiger partial charge < -0.3 is 15.5 Å². The van der Waals surface area contributed by atoms with Crippen LogP contribution in [0.2, 0.25) is 0 Å². The second-order valence-electron chi connectivity index (χ2n) is 6.46. The molecule has 4 nitrogen and oxygen atoms in total. The fourth-order valence-electron chi connectivity index (χ4n) is 3.05. The third-order valence-electron chi connectivity index (χ3n) is 3.77. The van der Waals surface area contributed by atoms with Crippen LogP contribution in [0.15, 0.2) is 0 Å². The van der Waals surface area contributed by atoms with Crippen molar-refractivity contribution < 1.29 is 4.79 Å². The lowest BCUT2D eigenvalue weighted by molar-refractivity contribution is 0.131. The maximum atomic E-state index is 11.6. The van der Waals surface area contributed by atoms with Crippen LogP contribution in [0.1, 0.15) is 40.0 Å². The molecule has 0 aromatic heterocycles. The number of carbonyl (C=O) groups is 1. The van der Waals surface area contributed by atoms with Gasteiger partial charge in [-0.05, 0) is 38.0 Å². The molecule has 2 amide bonds. The van der Waals surface area contributed by atoms with Crippen LogP contribution in [0, 0.1) is 11.8 Å². The van der Waals surface area contributed by atoms with Gasteiger partial charge in [-0.2, -0.15) is 0 Å². The highest BCUT2D eigenvalue weighted by Crippen LogP contribution is 2.21. The van der Waals surface area contributed by atoms with E-state index in [1.165, 1.54) is 19.5 Å². The lowest BCUT2D eigenvalue weighted by atomic mass is 9.92. The Balaban J connectivity index is 1.68. The van der Waals surface area contributed by atoms with E-state index < -0.39 is 0 Å². The van der Waals surface area contributed by atoms with Gasteiger partial charge >= 0.3 is 6.03 Å². The molecule has 2 fully saturated rings. The zero-order valence-electron chi connectivity index (χ0n) is 11.9. The largest absolute Gasteiger partial charge is 0.335 e. The minimum absolute atomic E-state index is 0.00288. The molecule has 0 aromatic rings. The van der Waals surface area contributed by atoms with Crippen LogP contribution in [0.25, 0.3) is 0 Å². The maximum Gasteiger partial charge on any atom is 0.315 e. The van der Waals surface area contributed by atoms with Crippen LogP contribution < -0.4 is 10.6 Å². The average Bonchev–Trinajstić information content (AvgIpc) is 2.98. The Hall–Kier alpha value is -0.770. The molecule has 104 valence electrons. The molecule has 1 aliphatic heterocycles. The number of urea groups is 1. The SMILES string of the molecule is C[C@@H]1C[C@H](C)CN(C[C@@H](C)NC(=O)NC2CC2)C1. The molecule has 0 radical (unpaired) electrons. The Morgan fingerprint density at radius 1 is 1.28 bits per heavy atom. The lowest BCUT2D eigenvalue weighted by Gasteiger charge is -2.36. The van der Waals surface area contributed by atoms with Crippen molar-refractivity contribution in [2.24, 2.45) is 11.8 Å². The summed E-state index contributed by atoms with van der Waals surface area (Å²) in [6.45, 7) is 10.0. The van der Waals surface area contributed by atoms with Crippen LogP contribution in [-0.2, 0) is 0 Å². The summed E-state index contributed by atoms with van der Waals surface area (Å²) in [6.07, 6.45) is 3.62. The Morgan fingerprint density at radius 3 is 2.44 bits per heavy atom. The molecule has 1 aliphatic carbocycles. The van der Waals surface area contributed by atoms with Crippen LogP contribution in [0.3, 0.4) is 0 Å². The van der Waals surface area contributed by atoms with Gasteiger partial charge in [0, 0.05) is 31.7 Å². The predicted octanol–water partition coefficient (Wildman–Crippen LogP) is 1.81. The highest BCUT2D eigenvalue weighted by atomic mass is 16.2. The highest BCUT2D eigenvalue weighted by Gasteiger charge is 2.25. The number of rotatable bonds is 4. The van der Waals surface area contributed by atoms with Gasteiger partial charge in [-0.25, -0.2) is 4.79 Å². The van der Waals surface area contributed by atoms with Crippen molar-refractivity contribution in [3.63, 3.8) is 0 Å². The van der Waals surface area contributed by atoms with Gasteiger partial charge in [0.15, 0.2) is 0 Å². The Morgan fingerprint density at radius 2 is 1.89 bits per heavy atom. The topological polar surface area (TPSA) is 44.4 Å². The van der Waals surface area contributed by atoms with E-state index in [2.05, 4.69) is 36.3 Å². The van der Waals surface area contributed by atoms with E-state index in [9.17, 15) is 4.79 Å². The summed E-state index contributed by atoms with van der Waals surface area (Å²) in [5.41, 5.74) is 0. The molecule has 1 saturated heterocycles. The average molecular weight is 253 g/mol. The molecule has 18 heavy (non-hydrogen) atoms. The first-order valence-corrected chi connectivity index (χ1v) is 7.32. The number of hydrogen-bond acceptors (Lipinski definition) is 2. The molecule has 2 N–H and O–H groups in total. The number of nitrogens with one attached hydrogen (secondary N) is 2. The third kappa shape index (κ3) is 4.48. The Kier molecular flexibility index (Phi) is 4.49. The summed E-state index contributed by atoms with van der Waals surface area (Å²) in [7, 11) is 0. The Bertz CT molecular complexity index is 281. The molecule has 1 saturated carbocycles. The fourth-order valence-corrected chi connectivity index (χ4v) is 3.05. The summed E-state index contributed by atoms with van der Waals surface area (Å²) < 4.78 is 0. The van der Waals surface area contributed by atoms with Gasteiger partial charge in [-0.1, -0.05) is 13.8 Å². The van der Waals surface area contributed by atoms with Crippen molar-refractivity contribution in [3.05, 3.63) is 0 Å². The van der Waals surface area contributed by atoms with E-state index in [0.29, 0.717) is 6.04 Å². The van der Waals surface area contributed by atoms with Gasteiger partial charge in [-0.15, -0.1) is 0 Å². The minimum Gasteiger partial charge on any atom is -0.335 e. The maximum absolute atomic E-state index is 11.6. The number of piperidine rings is 1. The minimum atomic E-state index is 0.00288.